The quantitative estimate of drug-likeness (QED) is 0.147. The van der Waals surface area contributed by atoms with Gasteiger partial charge in [-0.2, -0.15) is 4.98 Å². The molecule has 226 valence electrons. The van der Waals surface area contributed by atoms with E-state index in [1.165, 1.54) is 57.7 Å². The first kappa shape index (κ1) is 33.3. The number of hydrogen-bond acceptors (Lipinski definition) is 9. The van der Waals surface area contributed by atoms with Crippen LogP contribution in [0.4, 0.5) is 5.95 Å². The van der Waals surface area contributed by atoms with Gasteiger partial charge in [0.05, 0.1) is 19.5 Å². The van der Waals surface area contributed by atoms with E-state index in [0.717, 1.165) is 19.3 Å². The molecule has 0 aromatic carbocycles. The summed E-state index contributed by atoms with van der Waals surface area (Å²) in [5.41, 5.74) is 11.7. The molecule has 0 aliphatic rings. The minimum atomic E-state index is -0.724. The van der Waals surface area contributed by atoms with Crippen LogP contribution in [0.2, 0.25) is 0 Å². The van der Waals surface area contributed by atoms with Crippen LogP contribution in [0.3, 0.4) is 0 Å². The lowest BCUT2D eigenvalue weighted by atomic mass is 10.1. The molecule has 2 heterocycles. The van der Waals surface area contributed by atoms with Gasteiger partial charge in [0.15, 0.2) is 11.2 Å². The number of aromatic amines is 1. The maximum atomic E-state index is 12.3. The van der Waals surface area contributed by atoms with E-state index in [1.54, 1.807) is 4.57 Å². The van der Waals surface area contributed by atoms with Gasteiger partial charge < -0.3 is 25.5 Å². The minimum absolute atomic E-state index is 0.0125. The molecule has 0 bridgehead atoms. The Hall–Kier alpha value is -2.95. The Morgan fingerprint density at radius 1 is 1.00 bits per heavy atom. The molecule has 2 rings (SSSR count). The van der Waals surface area contributed by atoms with Crippen LogP contribution in [0.5, 0.6) is 0 Å². The maximum absolute atomic E-state index is 12.3. The minimum Gasteiger partial charge on any atom is -0.466 e. The standard InChI is InChI=1S/C29H50N6O5/c1-4-5-6-7-8-9-10-11-12-13-14-15-23(36)39-17-16-22(19-40-28(38)24(30)21(2)3)18-35-20-32-25-26(35)33-29(31)34-27(25)37/h20-22,24H,4-19,30H2,1-3H3,(H3,31,33,34,37)/t22-,24+/m1/s1. The highest BCUT2D eigenvalue weighted by molar-refractivity contribution is 5.75. The van der Waals surface area contributed by atoms with E-state index in [2.05, 4.69) is 21.9 Å². The number of unbranched alkanes of at least 4 members (excludes halogenated alkanes) is 10. The summed E-state index contributed by atoms with van der Waals surface area (Å²) in [6, 6.07) is -0.724. The number of carbonyl (C=O) groups is 2. The second-order valence-corrected chi connectivity index (χ2v) is 11.1. The number of rotatable bonds is 21. The van der Waals surface area contributed by atoms with Crippen molar-refractivity contribution in [3.8, 4) is 0 Å². The molecule has 0 amide bonds. The van der Waals surface area contributed by atoms with Gasteiger partial charge in [0.25, 0.3) is 5.56 Å². The Kier molecular flexibility index (Phi) is 15.3. The summed E-state index contributed by atoms with van der Waals surface area (Å²) >= 11 is 0. The molecule has 2 aromatic heterocycles. The summed E-state index contributed by atoms with van der Waals surface area (Å²) < 4.78 is 12.7. The largest absolute Gasteiger partial charge is 0.466 e. The van der Waals surface area contributed by atoms with E-state index in [1.807, 2.05) is 13.8 Å². The number of imidazole rings is 1. The number of aromatic nitrogens is 4. The Balaban J connectivity index is 1.77. The van der Waals surface area contributed by atoms with Crippen LogP contribution in [-0.2, 0) is 25.6 Å². The Bertz CT molecular complexity index is 1080. The van der Waals surface area contributed by atoms with Crippen molar-refractivity contribution < 1.29 is 19.1 Å². The first-order valence-corrected chi connectivity index (χ1v) is 15.0. The van der Waals surface area contributed by atoms with Crippen molar-refractivity contribution in [2.75, 3.05) is 18.9 Å². The second kappa shape index (κ2) is 18.4. The van der Waals surface area contributed by atoms with Crippen LogP contribution in [0.1, 0.15) is 104 Å². The van der Waals surface area contributed by atoms with Crippen molar-refractivity contribution in [2.45, 2.75) is 117 Å². The molecule has 2 aromatic rings. The smallest absolute Gasteiger partial charge is 0.323 e. The van der Waals surface area contributed by atoms with Gasteiger partial charge in [-0.1, -0.05) is 85.0 Å². The first-order chi connectivity index (χ1) is 19.2. The first-order valence-electron chi connectivity index (χ1n) is 15.0. The van der Waals surface area contributed by atoms with Gasteiger partial charge >= 0.3 is 11.9 Å². The van der Waals surface area contributed by atoms with Gasteiger partial charge in [0.2, 0.25) is 5.95 Å². The number of nitrogens with two attached hydrogens (primary N) is 2. The molecule has 0 saturated carbocycles. The molecule has 0 aliphatic carbocycles. The number of hydrogen-bond donors (Lipinski definition) is 3. The van der Waals surface area contributed by atoms with Crippen LogP contribution in [-0.4, -0.2) is 50.7 Å². The third-order valence-electron chi connectivity index (χ3n) is 7.17. The van der Waals surface area contributed by atoms with E-state index in [0.29, 0.717) is 25.0 Å². The molecule has 5 N–H and O–H groups in total. The van der Waals surface area contributed by atoms with Crippen molar-refractivity contribution in [3.63, 3.8) is 0 Å². The zero-order chi connectivity index (χ0) is 29.3. The molecule has 0 spiro atoms. The number of H-pyrrole nitrogens is 1. The van der Waals surface area contributed by atoms with Gasteiger partial charge in [-0.15, -0.1) is 0 Å². The zero-order valence-corrected chi connectivity index (χ0v) is 24.7. The van der Waals surface area contributed by atoms with Gasteiger partial charge in [0.1, 0.15) is 6.04 Å². The number of fused-ring (bicyclic) bond motifs is 1. The normalized spacial score (nSPS) is 13.0. The molecule has 2 atom stereocenters. The molecule has 40 heavy (non-hydrogen) atoms. The van der Waals surface area contributed by atoms with Crippen LogP contribution in [0.15, 0.2) is 11.1 Å². The molecule has 0 radical (unpaired) electrons. The fraction of sp³-hybridized carbons (Fsp3) is 0.759. The number of ether oxygens (including phenoxy) is 2. The lowest BCUT2D eigenvalue weighted by molar-refractivity contribution is -0.149. The second-order valence-electron chi connectivity index (χ2n) is 11.1. The average molecular weight is 563 g/mol. The predicted molar refractivity (Wildman–Crippen MR) is 156 cm³/mol. The Morgan fingerprint density at radius 3 is 2.25 bits per heavy atom. The Labute approximate surface area is 237 Å². The summed E-state index contributed by atoms with van der Waals surface area (Å²) in [4.78, 5) is 47.5. The lowest BCUT2D eigenvalue weighted by Crippen LogP contribution is -2.38. The van der Waals surface area contributed by atoms with Crippen molar-refractivity contribution in [1.29, 1.82) is 0 Å². The SMILES string of the molecule is CCCCCCCCCCCCCC(=O)OCC[C@@H](COC(=O)[C@@H](N)C(C)C)Cn1cnc2c(=O)[nH]c(N)nc21. The molecular formula is C29H50N6O5. The number of nitrogens with one attached hydrogen (secondary N) is 1. The zero-order valence-electron chi connectivity index (χ0n) is 24.7. The average Bonchev–Trinajstić information content (AvgIpc) is 3.32. The van der Waals surface area contributed by atoms with E-state index < -0.39 is 17.6 Å². The number of nitrogen functional groups attached to an aromatic ring is 1. The summed E-state index contributed by atoms with van der Waals surface area (Å²) in [5.74, 6) is -0.997. The fourth-order valence-corrected chi connectivity index (χ4v) is 4.52. The van der Waals surface area contributed by atoms with Crippen LogP contribution >= 0.6 is 0 Å². The van der Waals surface area contributed by atoms with Crippen molar-refractivity contribution in [3.05, 3.63) is 16.7 Å². The number of carbonyl (C=O) groups excluding carboxylic acids is 2. The third-order valence-corrected chi connectivity index (χ3v) is 7.17. The summed E-state index contributed by atoms with van der Waals surface area (Å²) in [6.07, 6.45) is 15.8. The number of esters is 2. The lowest BCUT2D eigenvalue weighted by Gasteiger charge is -2.20. The summed E-state index contributed by atoms with van der Waals surface area (Å²) in [7, 11) is 0. The maximum Gasteiger partial charge on any atom is 0.323 e. The topological polar surface area (TPSA) is 168 Å². The van der Waals surface area contributed by atoms with Crippen LogP contribution in [0.25, 0.3) is 11.2 Å². The third kappa shape index (κ3) is 12.1. The fourth-order valence-electron chi connectivity index (χ4n) is 4.52. The Morgan fingerprint density at radius 2 is 1.62 bits per heavy atom. The monoisotopic (exact) mass is 562 g/mol. The highest BCUT2D eigenvalue weighted by Crippen LogP contribution is 2.16. The molecule has 0 aliphatic heterocycles. The molecule has 11 nitrogen and oxygen atoms in total. The van der Waals surface area contributed by atoms with Crippen molar-refractivity contribution >= 4 is 29.1 Å². The number of anilines is 1. The van der Waals surface area contributed by atoms with E-state index in [4.69, 9.17) is 20.9 Å². The molecular weight excluding hydrogens is 512 g/mol. The van der Waals surface area contributed by atoms with Crippen molar-refractivity contribution in [2.24, 2.45) is 17.6 Å². The van der Waals surface area contributed by atoms with Gasteiger partial charge in [0, 0.05) is 18.9 Å². The van der Waals surface area contributed by atoms with E-state index >= 15 is 0 Å². The van der Waals surface area contributed by atoms with Crippen LogP contribution in [0, 0.1) is 11.8 Å². The molecule has 0 saturated heterocycles. The molecule has 11 heteroatoms. The summed E-state index contributed by atoms with van der Waals surface area (Å²) in [6.45, 7) is 6.55. The van der Waals surface area contributed by atoms with Gasteiger partial charge in [-0.05, 0) is 18.8 Å². The van der Waals surface area contributed by atoms with E-state index in [9.17, 15) is 14.4 Å². The molecule has 0 unspecified atom stereocenters. The predicted octanol–water partition coefficient (Wildman–Crippen LogP) is 4.48. The van der Waals surface area contributed by atoms with Gasteiger partial charge in [-0.3, -0.25) is 19.4 Å². The van der Waals surface area contributed by atoms with Gasteiger partial charge in [-0.25, -0.2) is 4.98 Å². The highest BCUT2D eigenvalue weighted by Gasteiger charge is 2.22. The molecule has 0 fully saturated rings. The van der Waals surface area contributed by atoms with E-state index in [-0.39, 0.29) is 42.5 Å². The highest BCUT2D eigenvalue weighted by atomic mass is 16.5. The van der Waals surface area contributed by atoms with Crippen molar-refractivity contribution in [1.82, 2.24) is 19.5 Å². The number of nitrogens with zero attached hydrogens (tertiary/aromatic N) is 3. The summed E-state index contributed by atoms with van der Waals surface area (Å²) in [5, 5.41) is 0. The van der Waals surface area contributed by atoms with Crippen LogP contribution < -0.4 is 17.0 Å².